The number of rotatable bonds is 5. The molecular weight excluding hydrogens is 434 g/mol. The number of thiocarbonyl (C=S) groups is 1. The third-order valence-electron chi connectivity index (χ3n) is 4.99. The Kier molecular flexibility index (Phi) is 7.50. The third-order valence-corrected chi connectivity index (χ3v) is 5.64. The summed E-state index contributed by atoms with van der Waals surface area (Å²) in [6, 6.07) is 9.41. The number of carbonyl (C=O) groups excluding carboxylic acids is 1. The van der Waals surface area contributed by atoms with E-state index < -0.39 is 0 Å². The SMILES string of the molecule is CN(C)c1cc(C(=O)N2CCN(C(=S)NCc3ccc(Cl)cc3)CC2)nc(N(C)C)n1. The van der Waals surface area contributed by atoms with E-state index in [2.05, 4.69) is 20.2 Å². The van der Waals surface area contributed by atoms with E-state index in [1.54, 1.807) is 11.0 Å². The molecule has 1 aromatic heterocycles. The van der Waals surface area contributed by atoms with Crippen molar-refractivity contribution in [3.63, 3.8) is 0 Å². The van der Waals surface area contributed by atoms with Crippen LogP contribution in [0.3, 0.4) is 0 Å². The van der Waals surface area contributed by atoms with Crippen LogP contribution in [0.2, 0.25) is 5.02 Å². The van der Waals surface area contributed by atoms with Gasteiger partial charge in [0.1, 0.15) is 11.5 Å². The van der Waals surface area contributed by atoms with Crippen molar-refractivity contribution in [2.45, 2.75) is 6.54 Å². The van der Waals surface area contributed by atoms with Crippen LogP contribution in [0.25, 0.3) is 0 Å². The highest BCUT2D eigenvalue weighted by molar-refractivity contribution is 7.80. The van der Waals surface area contributed by atoms with Gasteiger partial charge in [-0.25, -0.2) is 4.98 Å². The summed E-state index contributed by atoms with van der Waals surface area (Å²) in [5, 5.41) is 4.69. The van der Waals surface area contributed by atoms with E-state index in [0.717, 1.165) is 5.56 Å². The molecule has 0 saturated carbocycles. The Balaban J connectivity index is 1.58. The summed E-state index contributed by atoms with van der Waals surface area (Å²) in [7, 11) is 7.51. The zero-order chi connectivity index (χ0) is 22.5. The Morgan fingerprint density at radius 1 is 1.03 bits per heavy atom. The van der Waals surface area contributed by atoms with Crippen molar-refractivity contribution in [2.75, 3.05) is 64.2 Å². The fraction of sp³-hybridized carbons (Fsp3) is 0.429. The van der Waals surface area contributed by atoms with Crippen LogP contribution in [0, 0.1) is 0 Å². The largest absolute Gasteiger partial charge is 0.363 e. The van der Waals surface area contributed by atoms with Gasteiger partial charge in [0.25, 0.3) is 5.91 Å². The lowest BCUT2D eigenvalue weighted by Gasteiger charge is -2.36. The number of aromatic nitrogens is 2. The summed E-state index contributed by atoms with van der Waals surface area (Å²) >= 11 is 11.5. The Labute approximate surface area is 193 Å². The predicted molar refractivity (Wildman–Crippen MR) is 129 cm³/mol. The Hall–Kier alpha value is -2.65. The minimum Gasteiger partial charge on any atom is -0.363 e. The molecule has 0 radical (unpaired) electrons. The van der Waals surface area contributed by atoms with E-state index in [4.69, 9.17) is 23.8 Å². The molecule has 31 heavy (non-hydrogen) atoms. The van der Waals surface area contributed by atoms with Crippen LogP contribution in [0.4, 0.5) is 11.8 Å². The van der Waals surface area contributed by atoms with Crippen molar-refractivity contribution in [3.8, 4) is 0 Å². The van der Waals surface area contributed by atoms with Gasteiger partial charge in [0.05, 0.1) is 0 Å². The summed E-state index contributed by atoms with van der Waals surface area (Å²) in [5.74, 6) is 1.13. The highest BCUT2D eigenvalue weighted by Crippen LogP contribution is 2.17. The molecule has 1 N–H and O–H groups in total. The van der Waals surface area contributed by atoms with E-state index in [9.17, 15) is 4.79 Å². The number of hydrogen-bond acceptors (Lipinski definition) is 6. The molecule has 2 aromatic rings. The number of nitrogens with one attached hydrogen (secondary N) is 1. The molecule has 1 amide bonds. The fourth-order valence-corrected chi connectivity index (χ4v) is 3.51. The lowest BCUT2D eigenvalue weighted by atomic mass is 10.2. The summed E-state index contributed by atoms with van der Waals surface area (Å²) in [5.41, 5.74) is 1.51. The number of carbonyl (C=O) groups is 1. The molecule has 0 atom stereocenters. The molecule has 8 nitrogen and oxygen atoms in total. The maximum Gasteiger partial charge on any atom is 0.272 e. The average molecular weight is 462 g/mol. The van der Waals surface area contributed by atoms with Crippen LogP contribution in [-0.4, -0.2) is 85.2 Å². The lowest BCUT2D eigenvalue weighted by molar-refractivity contribution is 0.0685. The second-order valence-electron chi connectivity index (χ2n) is 7.76. The normalized spacial score (nSPS) is 13.7. The quantitative estimate of drug-likeness (QED) is 0.679. The second-order valence-corrected chi connectivity index (χ2v) is 8.59. The molecular formula is C21H28ClN7OS. The minimum absolute atomic E-state index is 0.0895. The molecule has 0 spiro atoms. The van der Waals surface area contributed by atoms with E-state index >= 15 is 0 Å². The molecule has 1 saturated heterocycles. The van der Waals surface area contributed by atoms with E-state index in [-0.39, 0.29) is 5.91 Å². The lowest BCUT2D eigenvalue weighted by Crippen LogP contribution is -2.53. The highest BCUT2D eigenvalue weighted by Gasteiger charge is 2.25. The first-order chi connectivity index (χ1) is 14.7. The van der Waals surface area contributed by atoms with E-state index in [0.29, 0.717) is 60.3 Å². The number of hydrogen-bond donors (Lipinski definition) is 1. The van der Waals surface area contributed by atoms with Crippen molar-refractivity contribution in [3.05, 3.63) is 46.6 Å². The molecule has 1 aromatic carbocycles. The third kappa shape index (κ3) is 5.95. The standard InChI is InChI=1S/C21H28ClN7OS/c1-26(2)18-13-17(24-20(25-18)27(3)4)19(30)28-9-11-29(12-10-28)21(31)23-14-15-5-7-16(22)8-6-15/h5-8,13H,9-12,14H2,1-4H3,(H,23,31). The number of benzene rings is 1. The van der Waals surface area contributed by atoms with E-state index in [1.807, 2.05) is 62.3 Å². The summed E-state index contributed by atoms with van der Waals surface area (Å²) in [6.45, 7) is 3.14. The molecule has 2 heterocycles. The highest BCUT2D eigenvalue weighted by atomic mass is 35.5. The van der Waals surface area contributed by atoms with Crippen molar-refractivity contribution in [1.29, 1.82) is 0 Å². The monoisotopic (exact) mass is 461 g/mol. The molecule has 0 bridgehead atoms. The molecule has 166 valence electrons. The van der Waals surface area contributed by atoms with Crippen molar-refractivity contribution in [1.82, 2.24) is 25.1 Å². The van der Waals surface area contributed by atoms with Crippen LogP contribution in [0.15, 0.2) is 30.3 Å². The summed E-state index contributed by atoms with van der Waals surface area (Å²) in [4.78, 5) is 29.6. The first kappa shape index (κ1) is 23.0. The molecule has 1 fully saturated rings. The minimum atomic E-state index is -0.0895. The Bertz CT molecular complexity index is 902. The van der Waals surface area contributed by atoms with Gasteiger partial charge in [-0.15, -0.1) is 0 Å². The number of amides is 1. The molecule has 1 aliphatic heterocycles. The number of halogens is 1. The van der Waals surface area contributed by atoms with Gasteiger partial charge in [0, 0.05) is 72.0 Å². The molecule has 1 aliphatic rings. The molecule has 0 unspecified atom stereocenters. The van der Waals surface area contributed by atoms with E-state index in [1.165, 1.54) is 0 Å². The summed E-state index contributed by atoms with van der Waals surface area (Å²) < 4.78 is 0. The topological polar surface area (TPSA) is 67.8 Å². The van der Waals surface area contributed by atoms with Gasteiger partial charge in [-0.3, -0.25) is 4.79 Å². The fourth-order valence-electron chi connectivity index (χ4n) is 3.13. The first-order valence-electron chi connectivity index (χ1n) is 10.0. The van der Waals surface area contributed by atoms with Gasteiger partial charge in [-0.1, -0.05) is 23.7 Å². The zero-order valence-corrected chi connectivity index (χ0v) is 19.9. The van der Waals surface area contributed by atoms with Gasteiger partial charge in [-0.2, -0.15) is 4.98 Å². The number of piperazine rings is 1. The Morgan fingerprint density at radius 2 is 1.65 bits per heavy atom. The van der Waals surface area contributed by atoms with Gasteiger partial charge in [0.15, 0.2) is 5.11 Å². The van der Waals surface area contributed by atoms with Crippen LogP contribution >= 0.6 is 23.8 Å². The maximum absolute atomic E-state index is 13.1. The van der Waals surface area contributed by atoms with Crippen LogP contribution in [-0.2, 0) is 6.54 Å². The van der Waals surface area contributed by atoms with Gasteiger partial charge < -0.3 is 24.9 Å². The van der Waals surface area contributed by atoms with Crippen molar-refractivity contribution >= 4 is 46.6 Å². The van der Waals surface area contributed by atoms with Gasteiger partial charge >= 0.3 is 0 Å². The van der Waals surface area contributed by atoms with Crippen molar-refractivity contribution < 1.29 is 4.79 Å². The van der Waals surface area contributed by atoms with Crippen LogP contribution < -0.4 is 15.1 Å². The average Bonchev–Trinajstić information content (AvgIpc) is 2.77. The predicted octanol–water partition coefficient (Wildman–Crippen LogP) is 2.09. The summed E-state index contributed by atoms with van der Waals surface area (Å²) in [6.07, 6.45) is 0. The first-order valence-corrected chi connectivity index (χ1v) is 10.8. The maximum atomic E-state index is 13.1. The van der Waals surface area contributed by atoms with Gasteiger partial charge in [0.2, 0.25) is 5.95 Å². The number of nitrogens with zero attached hydrogens (tertiary/aromatic N) is 6. The van der Waals surface area contributed by atoms with Gasteiger partial charge in [-0.05, 0) is 29.9 Å². The van der Waals surface area contributed by atoms with Crippen molar-refractivity contribution in [2.24, 2.45) is 0 Å². The zero-order valence-electron chi connectivity index (χ0n) is 18.3. The smallest absolute Gasteiger partial charge is 0.272 e. The van der Waals surface area contributed by atoms with Crippen LogP contribution in [0.5, 0.6) is 0 Å². The second kappa shape index (κ2) is 10.1. The molecule has 3 rings (SSSR count). The van der Waals surface area contributed by atoms with Crippen LogP contribution in [0.1, 0.15) is 16.1 Å². The molecule has 0 aliphatic carbocycles. The molecule has 10 heteroatoms. The number of anilines is 2. The Morgan fingerprint density at radius 3 is 2.23 bits per heavy atom.